The third-order valence-electron chi connectivity index (χ3n) is 6.72. The number of carboxylic acid groups (broad SMARTS) is 1. The Balaban J connectivity index is 1.48. The summed E-state index contributed by atoms with van der Waals surface area (Å²) in [5.41, 5.74) is 5.51. The van der Waals surface area contributed by atoms with Crippen LogP contribution >= 0.6 is 0 Å². The van der Waals surface area contributed by atoms with Crippen LogP contribution in [0.5, 0.6) is 5.75 Å². The van der Waals surface area contributed by atoms with Gasteiger partial charge in [-0.3, -0.25) is 14.0 Å². The number of fused-ring (bicyclic) bond motifs is 1. The van der Waals surface area contributed by atoms with E-state index in [-0.39, 0.29) is 12.3 Å². The highest BCUT2D eigenvalue weighted by molar-refractivity contribution is 5.96. The van der Waals surface area contributed by atoms with E-state index in [0.29, 0.717) is 17.8 Å². The number of carbonyl (C=O) groups is 2. The molecule has 0 bridgehead atoms. The van der Waals surface area contributed by atoms with Crippen molar-refractivity contribution < 1.29 is 19.4 Å². The van der Waals surface area contributed by atoms with Crippen molar-refractivity contribution in [1.29, 1.82) is 0 Å². The molecule has 8 nitrogen and oxygen atoms in total. The highest BCUT2D eigenvalue weighted by Crippen LogP contribution is 2.31. The Kier molecular flexibility index (Phi) is 7.77. The zero-order chi connectivity index (χ0) is 28.1. The summed E-state index contributed by atoms with van der Waals surface area (Å²) in [7, 11) is 1.62. The molecule has 1 unspecified atom stereocenters. The lowest BCUT2D eigenvalue weighted by Gasteiger charge is -2.18. The zero-order valence-corrected chi connectivity index (χ0v) is 22.3. The van der Waals surface area contributed by atoms with Crippen LogP contribution in [0.15, 0.2) is 97.2 Å². The van der Waals surface area contributed by atoms with Crippen molar-refractivity contribution in [2.45, 2.75) is 25.9 Å². The summed E-state index contributed by atoms with van der Waals surface area (Å²) in [6.45, 7) is 2.55. The van der Waals surface area contributed by atoms with Crippen LogP contribution in [-0.2, 0) is 11.3 Å². The van der Waals surface area contributed by atoms with Gasteiger partial charge in [0.05, 0.1) is 19.6 Å². The maximum atomic E-state index is 13.3. The number of imidazole rings is 1. The number of methoxy groups -OCH3 is 1. The second kappa shape index (κ2) is 11.7. The first kappa shape index (κ1) is 26.5. The summed E-state index contributed by atoms with van der Waals surface area (Å²) in [5, 5.41) is 15.9. The summed E-state index contributed by atoms with van der Waals surface area (Å²) in [5.74, 6) is 0.170. The number of carboxylic acids is 1. The first-order chi connectivity index (χ1) is 19.4. The molecule has 0 spiro atoms. The number of nitrogens with zero attached hydrogens (tertiary/aromatic N) is 2. The maximum absolute atomic E-state index is 13.3. The SMILES string of the molecule is COc1ccc(-c2nc3cc(C(=O)NC(CC(=O)O)c4ccc(C)cc4)ccn3c2NCc2ccccc2)cc1. The highest BCUT2D eigenvalue weighted by atomic mass is 16.5. The quantitative estimate of drug-likeness (QED) is 0.207. The number of amides is 1. The fraction of sp³-hybridized carbons (Fsp3) is 0.156. The summed E-state index contributed by atoms with van der Waals surface area (Å²) in [4.78, 5) is 29.7. The summed E-state index contributed by atoms with van der Waals surface area (Å²) in [6.07, 6.45) is 1.57. The van der Waals surface area contributed by atoms with Crippen LogP contribution in [0.1, 0.15) is 39.5 Å². The van der Waals surface area contributed by atoms with Gasteiger partial charge in [-0.25, -0.2) is 4.98 Å². The molecule has 5 aromatic rings. The number of ether oxygens (including phenoxy) is 1. The van der Waals surface area contributed by atoms with Crippen LogP contribution in [0.3, 0.4) is 0 Å². The number of hydrogen-bond acceptors (Lipinski definition) is 5. The lowest BCUT2D eigenvalue weighted by molar-refractivity contribution is -0.137. The summed E-state index contributed by atoms with van der Waals surface area (Å²) < 4.78 is 7.22. The normalized spacial score (nSPS) is 11.7. The minimum atomic E-state index is -0.993. The Labute approximate surface area is 232 Å². The minimum Gasteiger partial charge on any atom is -0.497 e. The molecule has 2 aromatic heterocycles. The molecule has 1 amide bonds. The molecular formula is C32H30N4O4. The van der Waals surface area contributed by atoms with Gasteiger partial charge in [0.1, 0.15) is 22.9 Å². The third-order valence-corrected chi connectivity index (χ3v) is 6.72. The van der Waals surface area contributed by atoms with E-state index in [2.05, 4.69) is 10.6 Å². The van der Waals surface area contributed by atoms with Crippen LogP contribution in [0.2, 0.25) is 0 Å². The van der Waals surface area contributed by atoms with Crippen molar-refractivity contribution in [2.75, 3.05) is 12.4 Å². The monoisotopic (exact) mass is 534 g/mol. The van der Waals surface area contributed by atoms with Crippen LogP contribution in [0.25, 0.3) is 16.9 Å². The fourth-order valence-corrected chi connectivity index (χ4v) is 4.55. The second-order valence-corrected chi connectivity index (χ2v) is 9.55. The van der Waals surface area contributed by atoms with Gasteiger partial charge in [-0.05, 0) is 54.4 Å². The summed E-state index contributed by atoms with van der Waals surface area (Å²) in [6, 6.07) is 28.0. The predicted octanol–water partition coefficient (Wildman–Crippen LogP) is 5.88. The fourth-order valence-electron chi connectivity index (χ4n) is 4.55. The lowest BCUT2D eigenvalue weighted by Crippen LogP contribution is -2.30. The van der Waals surface area contributed by atoms with E-state index in [9.17, 15) is 14.7 Å². The van der Waals surface area contributed by atoms with Gasteiger partial charge in [0.25, 0.3) is 5.91 Å². The molecule has 1 atom stereocenters. The van der Waals surface area contributed by atoms with Crippen molar-refractivity contribution in [1.82, 2.24) is 14.7 Å². The van der Waals surface area contributed by atoms with Crippen molar-refractivity contribution >= 4 is 23.3 Å². The minimum absolute atomic E-state index is 0.227. The lowest BCUT2D eigenvalue weighted by atomic mass is 10.0. The third kappa shape index (κ3) is 5.96. The Morgan fingerprint density at radius 1 is 0.975 bits per heavy atom. The molecule has 0 aliphatic heterocycles. The van der Waals surface area contributed by atoms with E-state index in [4.69, 9.17) is 9.72 Å². The number of pyridine rings is 1. The van der Waals surface area contributed by atoms with Gasteiger partial charge >= 0.3 is 5.97 Å². The maximum Gasteiger partial charge on any atom is 0.305 e. The Bertz CT molecular complexity index is 1630. The smallest absolute Gasteiger partial charge is 0.305 e. The zero-order valence-electron chi connectivity index (χ0n) is 22.3. The van der Waals surface area contributed by atoms with E-state index in [1.165, 1.54) is 0 Å². The number of aliphatic carboxylic acids is 1. The van der Waals surface area contributed by atoms with E-state index in [1.807, 2.05) is 90.2 Å². The number of carbonyl (C=O) groups excluding carboxylic acids is 1. The van der Waals surface area contributed by atoms with E-state index < -0.39 is 12.0 Å². The van der Waals surface area contributed by atoms with Gasteiger partial charge in [0, 0.05) is 23.9 Å². The molecule has 5 rings (SSSR count). The molecule has 3 aromatic carbocycles. The molecule has 0 saturated carbocycles. The summed E-state index contributed by atoms with van der Waals surface area (Å²) >= 11 is 0. The average molecular weight is 535 g/mol. The van der Waals surface area contributed by atoms with Gasteiger partial charge in [-0.15, -0.1) is 0 Å². The largest absolute Gasteiger partial charge is 0.497 e. The van der Waals surface area contributed by atoms with Gasteiger partial charge in [0.15, 0.2) is 0 Å². The molecule has 0 fully saturated rings. The van der Waals surface area contributed by atoms with Crippen LogP contribution in [-0.4, -0.2) is 33.5 Å². The molecule has 0 aliphatic carbocycles. The van der Waals surface area contributed by atoms with Gasteiger partial charge in [-0.1, -0.05) is 60.2 Å². The average Bonchev–Trinajstić information content (AvgIpc) is 3.34. The molecular weight excluding hydrogens is 504 g/mol. The van der Waals surface area contributed by atoms with E-state index >= 15 is 0 Å². The molecule has 2 heterocycles. The number of hydrogen-bond donors (Lipinski definition) is 3. The number of anilines is 1. The molecule has 8 heteroatoms. The van der Waals surface area contributed by atoms with Crippen molar-refractivity contribution in [3.63, 3.8) is 0 Å². The number of benzene rings is 3. The number of nitrogens with one attached hydrogen (secondary N) is 2. The van der Waals surface area contributed by atoms with Crippen molar-refractivity contribution in [3.8, 4) is 17.0 Å². The number of aryl methyl sites for hydroxylation is 1. The molecule has 0 saturated heterocycles. The molecule has 3 N–H and O–H groups in total. The Morgan fingerprint density at radius 2 is 1.70 bits per heavy atom. The van der Waals surface area contributed by atoms with Gasteiger partial charge < -0.3 is 20.5 Å². The van der Waals surface area contributed by atoms with Crippen molar-refractivity contribution in [3.05, 3.63) is 119 Å². The van der Waals surface area contributed by atoms with Gasteiger partial charge in [0.2, 0.25) is 0 Å². The predicted molar refractivity (Wildman–Crippen MR) is 155 cm³/mol. The standard InChI is InChI=1S/C32H30N4O4/c1-21-8-10-23(11-9-21)27(19-29(37)38)34-32(39)25-16-17-36-28(18-25)35-30(24-12-14-26(40-2)15-13-24)31(36)33-20-22-6-4-3-5-7-22/h3-18,27,33H,19-20H2,1-2H3,(H,34,39)(H,37,38). The number of rotatable bonds is 10. The Morgan fingerprint density at radius 3 is 2.38 bits per heavy atom. The first-order valence-corrected chi connectivity index (χ1v) is 12.9. The number of aromatic nitrogens is 2. The topological polar surface area (TPSA) is 105 Å². The Hall–Kier alpha value is -5.11. The van der Waals surface area contributed by atoms with Gasteiger partial charge in [-0.2, -0.15) is 0 Å². The van der Waals surface area contributed by atoms with Crippen molar-refractivity contribution in [2.24, 2.45) is 0 Å². The van der Waals surface area contributed by atoms with E-state index in [0.717, 1.165) is 39.5 Å². The molecule has 40 heavy (non-hydrogen) atoms. The molecule has 0 radical (unpaired) electrons. The second-order valence-electron chi connectivity index (χ2n) is 9.55. The highest BCUT2D eigenvalue weighted by Gasteiger charge is 2.21. The van der Waals surface area contributed by atoms with Crippen LogP contribution in [0, 0.1) is 6.92 Å². The molecule has 0 aliphatic rings. The van der Waals surface area contributed by atoms with Crippen LogP contribution in [0.4, 0.5) is 5.82 Å². The van der Waals surface area contributed by atoms with E-state index in [1.54, 1.807) is 25.4 Å². The van der Waals surface area contributed by atoms with Crippen LogP contribution < -0.4 is 15.4 Å². The molecule has 202 valence electrons. The first-order valence-electron chi connectivity index (χ1n) is 12.9.